The van der Waals surface area contributed by atoms with Crippen LogP contribution in [0.4, 0.5) is 4.79 Å². The van der Waals surface area contributed by atoms with Crippen LogP contribution in [-0.4, -0.2) is 16.7 Å². The van der Waals surface area contributed by atoms with Crippen molar-refractivity contribution in [3.05, 3.63) is 40.5 Å². The monoisotopic (exact) mass is 332 g/mol. The summed E-state index contributed by atoms with van der Waals surface area (Å²) in [6.07, 6.45) is -0.400. The maximum atomic E-state index is 11.8. The molecule has 0 spiro atoms. The highest BCUT2D eigenvalue weighted by atomic mass is 32.1. The molecule has 0 saturated heterocycles. The Balaban J connectivity index is 2.07. The molecular weight excluding hydrogens is 308 g/mol. The second-order valence-corrected chi connectivity index (χ2v) is 7.84. The van der Waals surface area contributed by atoms with Crippen LogP contribution in [-0.2, 0) is 4.74 Å². The lowest BCUT2D eigenvalue weighted by Crippen LogP contribution is -2.34. The molecule has 0 unspecified atom stereocenters. The van der Waals surface area contributed by atoms with Gasteiger partial charge in [0, 0.05) is 0 Å². The molecule has 0 fully saturated rings. The Morgan fingerprint density at radius 2 is 1.83 bits per heavy atom. The second-order valence-electron chi connectivity index (χ2n) is 6.64. The van der Waals surface area contributed by atoms with Crippen LogP contribution in [0.2, 0.25) is 0 Å². The molecule has 0 aliphatic rings. The van der Waals surface area contributed by atoms with Gasteiger partial charge in [-0.2, -0.15) is 0 Å². The zero-order valence-corrected chi connectivity index (χ0v) is 15.4. The molecule has 2 rings (SSSR count). The highest BCUT2D eigenvalue weighted by molar-refractivity contribution is 7.15. The Morgan fingerprint density at radius 1 is 1.22 bits per heavy atom. The maximum absolute atomic E-state index is 11.8. The van der Waals surface area contributed by atoms with Gasteiger partial charge in [0.25, 0.3) is 0 Å². The number of nitrogens with zero attached hydrogens (tertiary/aromatic N) is 1. The molecule has 1 atom stereocenters. The van der Waals surface area contributed by atoms with Crippen LogP contribution in [0, 0.1) is 13.8 Å². The molecule has 1 aromatic heterocycles. The number of aromatic nitrogens is 1. The molecule has 4 nitrogen and oxygen atoms in total. The van der Waals surface area contributed by atoms with E-state index in [1.807, 2.05) is 53.7 Å². The number of amides is 1. The standard InChI is InChI=1S/C18H24N2O2S/c1-11(20-17(21)22-18(4,5)6)14-7-9-15(10-8-14)16-12(2)19-13(3)23-16/h7-11H,1-6H3,(H,20,21)/t11-/m0/s1. The van der Waals surface area contributed by atoms with E-state index in [1.165, 1.54) is 4.88 Å². The predicted octanol–water partition coefficient (Wildman–Crippen LogP) is 5.01. The summed E-state index contributed by atoms with van der Waals surface area (Å²) in [6, 6.07) is 8.10. The van der Waals surface area contributed by atoms with Gasteiger partial charge in [-0.1, -0.05) is 24.3 Å². The van der Waals surface area contributed by atoms with E-state index in [0.29, 0.717) is 0 Å². The number of carbonyl (C=O) groups is 1. The van der Waals surface area contributed by atoms with E-state index in [9.17, 15) is 4.79 Å². The number of hydrogen-bond donors (Lipinski definition) is 1. The summed E-state index contributed by atoms with van der Waals surface area (Å²) in [7, 11) is 0. The molecule has 0 aliphatic heterocycles. The zero-order chi connectivity index (χ0) is 17.2. The van der Waals surface area contributed by atoms with Crippen molar-refractivity contribution < 1.29 is 9.53 Å². The summed E-state index contributed by atoms with van der Waals surface area (Å²) in [5, 5.41) is 3.93. The fraction of sp³-hybridized carbons (Fsp3) is 0.444. The van der Waals surface area contributed by atoms with Gasteiger partial charge >= 0.3 is 6.09 Å². The lowest BCUT2D eigenvalue weighted by atomic mass is 10.1. The van der Waals surface area contributed by atoms with E-state index in [4.69, 9.17) is 4.74 Å². The fourth-order valence-corrected chi connectivity index (χ4v) is 3.22. The van der Waals surface area contributed by atoms with Crippen molar-refractivity contribution in [2.45, 2.75) is 53.2 Å². The van der Waals surface area contributed by atoms with Crippen LogP contribution in [0.25, 0.3) is 10.4 Å². The molecule has 0 aliphatic carbocycles. The van der Waals surface area contributed by atoms with Crippen molar-refractivity contribution in [3.8, 4) is 10.4 Å². The van der Waals surface area contributed by atoms with E-state index in [-0.39, 0.29) is 6.04 Å². The van der Waals surface area contributed by atoms with Crippen molar-refractivity contribution in [3.63, 3.8) is 0 Å². The number of rotatable bonds is 3. The fourth-order valence-electron chi connectivity index (χ4n) is 2.29. The molecule has 0 radical (unpaired) electrons. The van der Waals surface area contributed by atoms with Crippen molar-refractivity contribution in [2.24, 2.45) is 0 Å². The second kappa shape index (κ2) is 6.71. The van der Waals surface area contributed by atoms with E-state index in [1.54, 1.807) is 11.3 Å². The van der Waals surface area contributed by atoms with Gasteiger partial charge in [-0.15, -0.1) is 11.3 Å². The predicted molar refractivity (Wildman–Crippen MR) is 94.8 cm³/mol. The minimum atomic E-state index is -0.491. The van der Waals surface area contributed by atoms with Gasteiger partial charge in [0.2, 0.25) is 0 Å². The first-order valence-electron chi connectivity index (χ1n) is 7.69. The first-order valence-corrected chi connectivity index (χ1v) is 8.51. The summed E-state index contributed by atoms with van der Waals surface area (Å²) in [4.78, 5) is 17.5. The maximum Gasteiger partial charge on any atom is 0.408 e. The van der Waals surface area contributed by atoms with E-state index >= 15 is 0 Å². The Kier molecular flexibility index (Phi) is 5.09. The average Bonchev–Trinajstić information content (AvgIpc) is 2.75. The Bertz CT molecular complexity index is 684. The quantitative estimate of drug-likeness (QED) is 0.859. The number of benzene rings is 1. The lowest BCUT2D eigenvalue weighted by molar-refractivity contribution is 0.0508. The minimum absolute atomic E-state index is 0.108. The Morgan fingerprint density at radius 3 is 2.30 bits per heavy atom. The van der Waals surface area contributed by atoms with Crippen molar-refractivity contribution in [1.82, 2.24) is 10.3 Å². The highest BCUT2D eigenvalue weighted by Gasteiger charge is 2.18. The minimum Gasteiger partial charge on any atom is -0.444 e. The SMILES string of the molecule is Cc1nc(C)c(-c2ccc([C@H](C)NC(=O)OC(C)(C)C)cc2)s1. The molecule has 2 aromatic rings. The van der Waals surface area contributed by atoms with E-state index in [0.717, 1.165) is 21.8 Å². The van der Waals surface area contributed by atoms with Crippen LogP contribution in [0.3, 0.4) is 0 Å². The zero-order valence-electron chi connectivity index (χ0n) is 14.6. The third-order valence-electron chi connectivity index (χ3n) is 3.31. The molecule has 23 heavy (non-hydrogen) atoms. The normalized spacial score (nSPS) is 12.8. The van der Waals surface area contributed by atoms with E-state index in [2.05, 4.69) is 22.4 Å². The molecule has 1 amide bonds. The van der Waals surface area contributed by atoms with E-state index < -0.39 is 11.7 Å². The van der Waals surface area contributed by atoms with Crippen molar-refractivity contribution >= 4 is 17.4 Å². The molecular formula is C18H24N2O2S. The molecule has 1 heterocycles. The summed E-state index contributed by atoms with van der Waals surface area (Å²) >= 11 is 1.70. The van der Waals surface area contributed by atoms with Crippen LogP contribution >= 0.6 is 11.3 Å². The molecule has 1 aromatic carbocycles. The summed E-state index contributed by atoms with van der Waals surface area (Å²) < 4.78 is 5.28. The molecule has 0 bridgehead atoms. The summed E-state index contributed by atoms with van der Waals surface area (Å²) in [6.45, 7) is 11.5. The third kappa shape index (κ3) is 4.79. The number of alkyl carbamates (subject to hydrolysis) is 1. The van der Waals surface area contributed by atoms with Gasteiger partial charge in [0.1, 0.15) is 5.60 Å². The first kappa shape index (κ1) is 17.5. The van der Waals surface area contributed by atoms with Crippen LogP contribution in [0.15, 0.2) is 24.3 Å². The number of aryl methyl sites for hydroxylation is 2. The Labute approximate surface area is 141 Å². The summed E-state index contributed by atoms with van der Waals surface area (Å²) in [5.41, 5.74) is 2.76. The molecule has 1 N–H and O–H groups in total. The number of thiazole rings is 1. The van der Waals surface area contributed by atoms with Gasteiger partial charge < -0.3 is 10.1 Å². The van der Waals surface area contributed by atoms with Crippen molar-refractivity contribution in [2.75, 3.05) is 0 Å². The van der Waals surface area contributed by atoms with Gasteiger partial charge in [-0.3, -0.25) is 0 Å². The highest BCUT2D eigenvalue weighted by Crippen LogP contribution is 2.30. The van der Waals surface area contributed by atoms with Gasteiger partial charge in [-0.25, -0.2) is 9.78 Å². The number of hydrogen-bond acceptors (Lipinski definition) is 4. The third-order valence-corrected chi connectivity index (χ3v) is 4.43. The van der Waals surface area contributed by atoms with Crippen molar-refractivity contribution in [1.29, 1.82) is 0 Å². The lowest BCUT2D eigenvalue weighted by Gasteiger charge is -2.22. The van der Waals surface area contributed by atoms with Gasteiger partial charge in [-0.05, 0) is 52.7 Å². The topological polar surface area (TPSA) is 51.2 Å². The Hall–Kier alpha value is -1.88. The van der Waals surface area contributed by atoms with Crippen LogP contribution in [0.5, 0.6) is 0 Å². The molecule has 124 valence electrons. The first-order chi connectivity index (χ1) is 10.7. The molecule has 5 heteroatoms. The number of ether oxygens (including phenoxy) is 1. The molecule has 0 saturated carbocycles. The van der Waals surface area contributed by atoms with Crippen LogP contribution in [0.1, 0.15) is 50.0 Å². The smallest absolute Gasteiger partial charge is 0.408 e. The number of nitrogens with one attached hydrogen (secondary N) is 1. The largest absolute Gasteiger partial charge is 0.444 e. The average molecular weight is 332 g/mol. The van der Waals surface area contributed by atoms with Gasteiger partial charge in [0.05, 0.1) is 21.6 Å². The number of carbonyl (C=O) groups excluding carboxylic acids is 1. The van der Waals surface area contributed by atoms with Crippen LogP contribution < -0.4 is 5.32 Å². The van der Waals surface area contributed by atoms with Gasteiger partial charge in [0.15, 0.2) is 0 Å². The summed E-state index contributed by atoms with van der Waals surface area (Å²) in [5.74, 6) is 0.